The van der Waals surface area contributed by atoms with Gasteiger partial charge in [0.1, 0.15) is 5.52 Å². The number of amides is 1. The van der Waals surface area contributed by atoms with Crippen LogP contribution in [0.2, 0.25) is 0 Å². The predicted octanol–water partition coefficient (Wildman–Crippen LogP) is 5.90. The molecule has 0 bridgehead atoms. The Balaban J connectivity index is 1.57. The summed E-state index contributed by atoms with van der Waals surface area (Å²) in [6, 6.07) is 21.3. The minimum atomic E-state index is -0.136. The molecule has 0 fully saturated rings. The summed E-state index contributed by atoms with van der Waals surface area (Å²) in [6.07, 6.45) is 0. The highest BCUT2D eigenvalue weighted by Crippen LogP contribution is 2.28. The summed E-state index contributed by atoms with van der Waals surface area (Å²) in [4.78, 5) is 19.5. The van der Waals surface area contributed by atoms with Gasteiger partial charge in [0.25, 0.3) is 5.91 Å². The number of carbonyl (C=O) groups excluding carboxylic acids is 1. The van der Waals surface area contributed by atoms with E-state index < -0.39 is 0 Å². The molecule has 30 heavy (non-hydrogen) atoms. The second kappa shape index (κ2) is 8.41. The van der Waals surface area contributed by atoms with E-state index >= 15 is 0 Å². The van der Waals surface area contributed by atoms with Crippen molar-refractivity contribution in [3.63, 3.8) is 0 Å². The van der Waals surface area contributed by atoms with Crippen molar-refractivity contribution in [2.24, 2.45) is 0 Å². The zero-order valence-corrected chi connectivity index (χ0v) is 17.5. The Labute approximate surface area is 176 Å². The van der Waals surface area contributed by atoms with Gasteiger partial charge in [0, 0.05) is 35.6 Å². The molecule has 0 radical (unpaired) electrons. The summed E-state index contributed by atoms with van der Waals surface area (Å²) in [5.74, 6) is 0.432. The topological polar surface area (TPSA) is 58.4 Å². The molecular formula is C25H25N3O2. The fourth-order valence-corrected chi connectivity index (χ4v) is 3.56. The second-order valence-corrected chi connectivity index (χ2v) is 7.19. The van der Waals surface area contributed by atoms with E-state index in [9.17, 15) is 4.79 Å². The number of benzene rings is 3. The molecule has 4 rings (SSSR count). The Morgan fingerprint density at radius 3 is 2.43 bits per heavy atom. The van der Waals surface area contributed by atoms with E-state index in [0.717, 1.165) is 24.2 Å². The fourth-order valence-electron chi connectivity index (χ4n) is 3.56. The Bertz CT molecular complexity index is 1170. The minimum absolute atomic E-state index is 0.136. The maximum atomic E-state index is 12.6. The first-order valence-electron chi connectivity index (χ1n) is 10.2. The highest BCUT2D eigenvalue weighted by Gasteiger charge is 2.12. The van der Waals surface area contributed by atoms with Crippen LogP contribution >= 0.6 is 0 Å². The van der Waals surface area contributed by atoms with Crippen molar-refractivity contribution in [2.45, 2.75) is 20.8 Å². The van der Waals surface area contributed by atoms with Gasteiger partial charge in [-0.15, -0.1) is 0 Å². The number of aryl methyl sites for hydroxylation is 1. The monoisotopic (exact) mass is 399 g/mol. The molecule has 4 aromatic rings. The lowest BCUT2D eigenvalue weighted by molar-refractivity contribution is 0.102. The van der Waals surface area contributed by atoms with Crippen LogP contribution in [-0.2, 0) is 0 Å². The number of fused-ring (bicyclic) bond motifs is 1. The fraction of sp³-hybridized carbons (Fsp3) is 0.200. The van der Waals surface area contributed by atoms with Crippen LogP contribution in [0, 0.1) is 6.92 Å². The number of hydrogen-bond acceptors (Lipinski definition) is 4. The minimum Gasteiger partial charge on any atom is -0.436 e. The Morgan fingerprint density at radius 2 is 1.73 bits per heavy atom. The normalized spacial score (nSPS) is 10.9. The number of oxazole rings is 1. The Morgan fingerprint density at radius 1 is 1.00 bits per heavy atom. The van der Waals surface area contributed by atoms with E-state index in [1.165, 1.54) is 5.69 Å². The van der Waals surface area contributed by atoms with Gasteiger partial charge in [-0.05, 0) is 74.9 Å². The van der Waals surface area contributed by atoms with Crippen LogP contribution in [-0.4, -0.2) is 24.0 Å². The van der Waals surface area contributed by atoms with Gasteiger partial charge in [-0.1, -0.05) is 18.2 Å². The molecular weight excluding hydrogens is 374 g/mol. The van der Waals surface area contributed by atoms with Gasteiger partial charge in [0.05, 0.1) is 0 Å². The van der Waals surface area contributed by atoms with Crippen LogP contribution in [0.15, 0.2) is 71.1 Å². The molecule has 1 N–H and O–H groups in total. The van der Waals surface area contributed by atoms with Gasteiger partial charge >= 0.3 is 0 Å². The van der Waals surface area contributed by atoms with Gasteiger partial charge in [0.2, 0.25) is 5.89 Å². The summed E-state index contributed by atoms with van der Waals surface area (Å²) in [5, 5.41) is 2.95. The van der Waals surface area contributed by atoms with Gasteiger partial charge in [-0.2, -0.15) is 0 Å². The van der Waals surface area contributed by atoms with E-state index in [2.05, 4.69) is 41.2 Å². The SMILES string of the molecule is CCN(CC)c1ccc(-c2nc3cc(NC(=O)c4ccccc4C)ccc3o2)cc1. The second-order valence-electron chi connectivity index (χ2n) is 7.19. The molecule has 3 aromatic carbocycles. The smallest absolute Gasteiger partial charge is 0.255 e. The van der Waals surface area contributed by atoms with Crippen LogP contribution in [0.1, 0.15) is 29.8 Å². The van der Waals surface area contributed by atoms with E-state index in [1.807, 2.05) is 61.5 Å². The quantitative estimate of drug-likeness (QED) is 0.438. The summed E-state index contributed by atoms with van der Waals surface area (Å²) >= 11 is 0. The van der Waals surface area contributed by atoms with Crippen molar-refractivity contribution < 1.29 is 9.21 Å². The standard InChI is InChI=1S/C25H25N3O2/c1-4-28(5-2)20-13-10-18(11-14-20)25-27-22-16-19(12-15-23(22)30-25)26-24(29)21-9-7-6-8-17(21)3/h6-16H,4-5H2,1-3H3,(H,26,29). The van der Waals surface area contributed by atoms with E-state index in [1.54, 1.807) is 0 Å². The molecule has 1 heterocycles. The van der Waals surface area contributed by atoms with Crippen molar-refractivity contribution in [2.75, 3.05) is 23.3 Å². The molecule has 0 aliphatic rings. The number of rotatable bonds is 6. The van der Waals surface area contributed by atoms with Crippen LogP contribution in [0.4, 0.5) is 11.4 Å². The zero-order valence-electron chi connectivity index (χ0n) is 17.5. The van der Waals surface area contributed by atoms with Gasteiger partial charge in [-0.25, -0.2) is 4.98 Å². The molecule has 152 valence electrons. The Kier molecular flexibility index (Phi) is 5.53. The van der Waals surface area contributed by atoms with E-state index in [4.69, 9.17) is 4.42 Å². The maximum absolute atomic E-state index is 12.6. The first-order valence-corrected chi connectivity index (χ1v) is 10.2. The third-order valence-corrected chi connectivity index (χ3v) is 5.28. The summed E-state index contributed by atoms with van der Waals surface area (Å²) in [7, 11) is 0. The van der Waals surface area contributed by atoms with Crippen molar-refractivity contribution in [3.8, 4) is 11.5 Å². The number of anilines is 2. The number of aromatic nitrogens is 1. The van der Waals surface area contributed by atoms with Gasteiger partial charge in [0.15, 0.2) is 5.58 Å². The van der Waals surface area contributed by atoms with E-state index in [-0.39, 0.29) is 5.91 Å². The lowest BCUT2D eigenvalue weighted by Crippen LogP contribution is -2.21. The average Bonchev–Trinajstić information content (AvgIpc) is 3.19. The molecule has 0 aliphatic carbocycles. The van der Waals surface area contributed by atoms with Gasteiger partial charge in [-0.3, -0.25) is 4.79 Å². The number of nitrogens with zero attached hydrogens (tertiary/aromatic N) is 2. The highest BCUT2D eigenvalue weighted by molar-refractivity contribution is 6.05. The van der Waals surface area contributed by atoms with Crippen molar-refractivity contribution in [3.05, 3.63) is 77.9 Å². The number of nitrogens with one attached hydrogen (secondary N) is 1. The molecule has 5 nitrogen and oxygen atoms in total. The first-order chi connectivity index (χ1) is 14.6. The molecule has 0 atom stereocenters. The molecule has 0 spiro atoms. The maximum Gasteiger partial charge on any atom is 0.255 e. The van der Waals surface area contributed by atoms with Crippen molar-refractivity contribution in [1.82, 2.24) is 4.98 Å². The molecule has 0 saturated heterocycles. The summed E-state index contributed by atoms with van der Waals surface area (Å²) in [5.41, 5.74) is 5.79. The van der Waals surface area contributed by atoms with Gasteiger partial charge < -0.3 is 14.6 Å². The number of carbonyl (C=O) groups is 1. The lowest BCUT2D eigenvalue weighted by Gasteiger charge is -2.20. The van der Waals surface area contributed by atoms with Crippen LogP contribution in [0.5, 0.6) is 0 Å². The number of hydrogen-bond donors (Lipinski definition) is 1. The summed E-state index contributed by atoms with van der Waals surface area (Å²) < 4.78 is 5.93. The molecule has 0 unspecified atom stereocenters. The molecule has 1 aromatic heterocycles. The molecule has 1 amide bonds. The van der Waals surface area contributed by atoms with Crippen LogP contribution < -0.4 is 10.2 Å². The van der Waals surface area contributed by atoms with Crippen molar-refractivity contribution >= 4 is 28.4 Å². The highest BCUT2D eigenvalue weighted by atomic mass is 16.3. The third-order valence-electron chi connectivity index (χ3n) is 5.28. The first kappa shape index (κ1) is 19.7. The molecule has 0 aliphatic heterocycles. The third kappa shape index (κ3) is 3.92. The largest absolute Gasteiger partial charge is 0.436 e. The lowest BCUT2D eigenvalue weighted by atomic mass is 10.1. The molecule has 0 saturated carbocycles. The van der Waals surface area contributed by atoms with Crippen LogP contribution in [0.25, 0.3) is 22.6 Å². The van der Waals surface area contributed by atoms with Crippen LogP contribution in [0.3, 0.4) is 0 Å². The van der Waals surface area contributed by atoms with E-state index in [0.29, 0.717) is 28.2 Å². The summed E-state index contributed by atoms with van der Waals surface area (Å²) in [6.45, 7) is 8.15. The average molecular weight is 399 g/mol. The van der Waals surface area contributed by atoms with Crippen molar-refractivity contribution in [1.29, 1.82) is 0 Å². The predicted molar refractivity (Wildman–Crippen MR) is 122 cm³/mol. The Hall–Kier alpha value is -3.60. The molecule has 5 heteroatoms. The zero-order chi connectivity index (χ0) is 21.1.